The lowest BCUT2D eigenvalue weighted by molar-refractivity contribution is 0.442. The van der Waals surface area contributed by atoms with E-state index in [2.05, 4.69) is 68.8 Å². The van der Waals surface area contributed by atoms with Gasteiger partial charge in [0.05, 0.1) is 0 Å². The molecule has 20 heavy (non-hydrogen) atoms. The molecule has 2 atom stereocenters. The molecule has 1 aliphatic carbocycles. The normalized spacial score (nSPS) is 21.4. The zero-order valence-electron chi connectivity index (χ0n) is 12.0. The molecular formula is C16H20BrN3. The minimum absolute atomic E-state index is 0.433. The van der Waals surface area contributed by atoms with Crippen LogP contribution in [0.25, 0.3) is 0 Å². The van der Waals surface area contributed by atoms with Crippen LogP contribution < -0.4 is 0 Å². The molecule has 106 valence electrons. The van der Waals surface area contributed by atoms with Crippen molar-refractivity contribution in [2.45, 2.75) is 38.1 Å². The summed E-state index contributed by atoms with van der Waals surface area (Å²) in [6, 6.07) is 8.72. The number of aromatic nitrogens is 3. The first-order valence-electron chi connectivity index (χ1n) is 7.23. The summed E-state index contributed by atoms with van der Waals surface area (Å²) in [6.07, 6.45) is 3.79. The third-order valence-corrected chi connectivity index (χ3v) is 5.17. The number of alkyl halides is 1. The molecule has 0 aliphatic heterocycles. The molecule has 1 heterocycles. The van der Waals surface area contributed by atoms with Gasteiger partial charge in [0, 0.05) is 17.8 Å². The van der Waals surface area contributed by atoms with E-state index in [9.17, 15) is 0 Å². The van der Waals surface area contributed by atoms with Gasteiger partial charge in [-0.15, -0.1) is 0 Å². The maximum atomic E-state index is 4.46. The third kappa shape index (κ3) is 2.66. The van der Waals surface area contributed by atoms with Crippen molar-refractivity contribution in [3.05, 3.63) is 47.5 Å². The molecule has 0 N–H and O–H groups in total. The monoisotopic (exact) mass is 333 g/mol. The Morgan fingerprint density at radius 2 is 2.15 bits per heavy atom. The van der Waals surface area contributed by atoms with Crippen molar-refractivity contribution in [2.24, 2.45) is 11.8 Å². The molecule has 0 spiro atoms. The Kier molecular flexibility index (Phi) is 3.92. The van der Waals surface area contributed by atoms with E-state index in [1.807, 2.05) is 0 Å². The summed E-state index contributed by atoms with van der Waals surface area (Å²) >= 11 is 3.87. The van der Waals surface area contributed by atoms with Crippen LogP contribution in [-0.2, 0) is 19.4 Å². The molecule has 0 saturated carbocycles. The van der Waals surface area contributed by atoms with Crippen LogP contribution in [0.15, 0.2) is 30.6 Å². The molecule has 4 heteroatoms. The molecule has 2 aromatic rings. The first kappa shape index (κ1) is 13.8. The van der Waals surface area contributed by atoms with Crippen molar-refractivity contribution in [1.29, 1.82) is 0 Å². The van der Waals surface area contributed by atoms with Gasteiger partial charge < -0.3 is 0 Å². The highest BCUT2D eigenvalue weighted by molar-refractivity contribution is 9.09. The average molecular weight is 334 g/mol. The average Bonchev–Trinajstić information content (AvgIpc) is 2.96. The minimum Gasteiger partial charge on any atom is -0.250 e. The van der Waals surface area contributed by atoms with Crippen LogP contribution >= 0.6 is 15.9 Å². The van der Waals surface area contributed by atoms with Gasteiger partial charge in [-0.05, 0) is 29.4 Å². The van der Waals surface area contributed by atoms with E-state index >= 15 is 0 Å². The lowest BCUT2D eigenvalue weighted by Gasteiger charge is -2.15. The number of hydrogen-bond donors (Lipinski definition) is 0. The molecule has 0 saturated heterocycles. The minimum atomic E-state index is 0.433. The molecule has 0 radical (unpaired) electrons. The van der Waals surface area contributed by atoms with E-state index in [-0.39, 0.29) is 0 Å². The topological polar surface area (TPSA) is 30.7 Å². The molecule has 2 unspecified atom stereocenters. The first-order valence-corrected chi connectivity index (χ1v) is 8.15. The highest BCUT2D eigenvalue weighted by Gasteiger charge is 2.31. The van der Waals surface area contributed by atoms with Crippen LogP contribution in [0.5, 0.6) is 0 Å². The highest BCUT2D eigenvalue weighted by atomic mass is 79.9. The van der Waals surface area contributed by atoms with E-state index in [0.29, 0.717) is 16.7 Å². The summed E-state index contributed by atoms with van der Waals surface area (Å²) in [5.74, 6) is 2.28. The summed E-state index contributed by atoms with van der Waals surface area (Å²) in [7, 11) is 0. The Labute approximate surface area is 128 Å². The number of halogens is 1. The fourth-order valence-corrected chi connectivity index (χ4v) is 3.80. The molecule has 1 aromatic heterocycles. The number of rotatable bonds is 4. The molecule has 0 amide bonds. The zero-order valence-corrected chi connectivity index (χ0v) is 13.5. The van der Waals surface area contributed by atoms with Gasteiger partial charge >= 0.3 is 0 Å². The molecule has 1 aliphatic rings. The number of benzene rings is 1. The molecular weight excluding hydrogens is 314 g/mol. The second-order valence-electron chi connectivity index (χ2n) is 6.02. The number of hydrogen-bond acceptors (Lipinski definition) is 2. The summed E-state index contributed by atoms with van der Waals surface area (Å²) < 4.78 is 2.06. The van der Waals surface area contributed by atoms with E-state index < -0.39 is 0 Å². The van der Waals surface area contributed by atoms with Gasteiger partial charge in [0.2, 0.25) is 0 Å². The molecule has 1 aromatic carbocycles. The fraction of sp³-hybridized carbons (Fsp3) is 0.500. The van der Waals surface area contributed by atoms with Crippen LogP contribution in [0.1, 0.15) is 35.6 Å². The SMILES string of the molecule is CC(C)Cn1ncnc1CC1Cc2ccccc2C1Br. The van der Waals surface area contributed by atoms with Gasteiger partial charge in [-0.2, -0.15) is 5.10 Å². The Morgan fingerprint density at radius 1 is 1.35 bits per heavy atom. The maximum absolute atomic E-state index is 4.46. The standard InChI is InChI=1S/C16H20BrN3/c1-11(2)9-20-15(18-10-19-20)8-13-7-12-5-3-4-6-14(12)16(13)17/h3-6,10-11,13,16H,7-9H2,1-2H3. The second-order valence-corrected chi connectivity index (χ2v) is 7.01. The smallest absolute Gasteiger partial charge is 0.138 e. The fourth-order valence-electron chi connectivity index (χ4n) is 2.98. The van der Waals surface area contributed by atoms with E-state index in [1.54, 1.807) is 6.33 Å². The van der Waals surface area contributed by atoms with Crippen molar-refractivity contribution >= 4 is 15.9 Å². The molecule has 3 rings (SSSR count). The lowest BCUT2D eigenvalue weighted by atomic mass is 10.0. The zero-order chi connectivity index (χ0) is 14.1. The summed E-state index contributed by atoms with van der Waals surface area (Å²) in [5, 5.41) is 4.36. The first-order chi connectivity index (χ1) is 9.65. The van der Waals surface area contributed by atoms with Gasteiger partial charge in [0.25, 0.3) is 0 Å². The van der Waals surface area contributed by atoms with Crippen molar-refractivity contribution in [3.63, 3.8) is 0 Å². The van der Waals surface area contributed by atoms with Crippen molar-refractivity contribution in [2.75, 3.05) is 0 Å². The number of nitrogens with zero attached hydrogens (tertiary/aromatic N) is 3. The van der Waals surface area contributed by atoms with Gasteiger partial charge in [-0.25, -0.2) is 9.67 Å². The highest BCUT2D eigenvalue weighted by Crippen LogP contribution is 2.43. The van der Waals surface area contributed by atoms with Gasteiger partial charge in [0.1, 0.15) is 12.2 Å². The van der Waals surface area contributed by atoms with Crippen molar-refractivity contribution in [3.8, 4) is 0 Å². The van der Waals surface area contributed by atoms with Crippen LogP contribution in [0.2, 0.25) is 0 Å². The van der Waals surface area contributed by atoms with Crippen molar-refractivity contribution in [1.82, 2.24) is 14.8 Å². The summed E-state index contributed by atoms with van der Waals surface area (Å²) in [6.45, 7) is 5.37. The van der Waals surface area contributed by atoms with E-state index in [0.717, 1.165) is 25.2 Å². The Hall–Kier alpha value is -1.16. The predicted octanol–water partition coefficient (Wildman–Crippen LogP) is 3.79. The Bertz CT molecular complexity index is 591. The third-order valence-electron chi connectivity index (χ3n) is 3.93. The second kappa shape index (κ2) is 5.68. The van der Waals surface area contributed by atoms with Crippen molar-refractivity contribution < 1.29 is 0 Å². The van der Waals surface area contributed by atoms with Gasteiger partial charge in [-0.3, -0.25) is 0 Å². The molecule has 0 bridgehead atoms. The summed E-state index contributed by atoms with van der Waals surface area (Å²) in [5.41, 5.74) is 2.90. The van der Waals surface area contributed by atoms with E-state index in [1.165, 1.54) is 11.1 Å². The quantitative estimate of drug-likeness (QED) is 0.797. The van der Waals surface area contributed by atoms with Crippen LogP contribution in [0.3, 0.4) is 0 Å². The van der Waals surface area contributed by atoms with Crippen LogP contribution in [0, 0.1) is 11.8 Å². The molecule has 0 fully saturated rings. The lowest BCUT2D eigenvalue weighted by Crippen LogP contribution is -2.15. The van der Waals surface area contributed by atoms with Crippen LogP contribution in [-0.4, -0.2) is 14.8 Å². The predicted molar refractivity (Wildman–Crippen MR) is 83.9 cm³/mol. The van der Waals surface area contributed by atoms with Gasteiger partial charge in [-0.1, -0.05) is 54.0 Å². The largest absolute Gasteiger partial charge is 0.250 e. The Morgan fingerprint density at radius 3 is 2.90 bits per heavy atom. The Balaban J connectivity index is 1.76. The molecule has 3 nitrogen and oxygen atoms in total. The summed E-state index contributed by atoms with van der Waals surface area (Å²) in [4.78, 5) is 4.89. The van der Waals surface area contributed by atoms with Gasteiger partial charge in [0.15, 0.2) is 0 Å². The number of fused-ring (bicyclic) bond motifs is 1. The maximum Gasteiger partial charge on any atom is 0.138 e. The van der Waals surface area contributed by atoms with E-state index in [4.69, 9.17) is 0 Å². The van der Waals surface area contributed by atoms with Crippen LogP contribution in [0.4, 0.5) is 0 Å².